The maximum Gasteiger partial charge on any atom is 0.311 e. The molecule has 19 heavy (non-hydrogen) atoms. The Labute approximate surface area is 107 Å². The van der Waals surface area contributed by atoms with Crippen LogP contribution in [0.2, 0.25) is 0 Å². The highest BCUT2D eigenvalue weighted by atomic mass is 19.1. The number of pyridine rings is 1. The quantitative estimate of drug-likeness (QED) is 0.681. The molecule has 98 valence electrons. The van der Waals surface area contributed by atoms with Gasteiger partial charge in [-0.15, -0.1) is 0 Å². The molecule has 1 aromatic carbocycles. The molecule has 0 saturated heterocycles. The predicted octanol–water partition coefficient (Wildman–Crippen LogP) is 2.88. The van der Waals surface area contributed by atoms with Crippen LogP contribution in [-0.4, -0.2) is 9.91 Å². The Morgan fingerprint density at radius 2 is 2.11 bits per heavy atom. The molecule has 0 radical (unpaired) electrons. The number of benzene rings is 1. The van der Waals surface area contributed by atoms with Crippen molar-refractivity contribution < 1.29 is 13.7 Å². The minimum absolute atomic E-state index is 0.0103. The molecule has 0 amide bonds. The zero-order chi connectivity index (χ0) is 13.8. The Balaban J connectivity index is 2.19. The topological polar surface area (TPSA) is 68.1 Å². The number of nitrogens with zero attached hydrogens (tertiary/aromatic N) is 2. The molecule has 1 aromatic heterocycles. The molecule has 0 spiro atoms. The highest BCUT2D eigenvalue weighted by Crippen LogP contribution is 2.21. The number of anilines is 1. The van der Waals surface area contributed by atoms with Crippen LogP contribution in [0.25, 0.3) is 0 Å². The van der Waals surface area contributed by atoms with Crippen LogP contribution in [0, 0.1) is 21.7 Å². The zero-order valence-electron chi connectivity index (χ0n) is 9.64. The smallest absolute Gasteiger partial charge is 0.311 e. The molecule has 0 aliphatic carbocycles. The van der Waals surface area contributed by atoms with Crippen molar-refractivity contribution in [2.45, 2.75) is 6.54 Å². The van der Waals surface area contributed by atoms with E-state index in [0.717, 1.165) is 18.2 Å². The number of halogens is 2. The van der Waals surface area contributed by atoms with Gasteiger partial charge in [0, 0.05) is 24.4 Å². The van der Waals surface area contributed by atoms with E-state index in [1.165, 1.54) is 18.3 Å². The van der Waals surface area contributed by atoms with Crippen molar-refractivity contribution >= 4 is 11.5 Å². The van der Waals surface area contributed by atoms with Gasteiger partial charge in [-0.1, -0.05) is 0 Å². The van der Waals surface area contributed by atoms with Gasteiger partial charge < -0.3 is 5.32 Å². The molecule has 1 heterocycles. The Morgan fingerprint density at radius 3 is 2.84 bits per heavy atom. The van der Waals surface area contributed by atoms with Gasteiger partial charge in [-0.3, -0.25) is 10.1 Å². The van der Waals surface area contributed by atoms with E-state index in [2.05, 4.69) is 10.3 Å². The summed E-state index contributed by atoms with van der Waals surface area (Å²) in [6.45, 7) is -0.0958. The number of hydrogen-bond donors (Lipinski definition) is 1. The van der Waals surface area contributed by atoms with Crippen molar-refractivity contribution in [2.24, 2.45) is 0 Å². The summed E-state index contributed by atoms with van der Waals surface area (Å²) in [6, 6.07) is 5.72. The third kappa shape index (κ3) is 3.01. The number of nitro groups is 1. The van der Waals surface area contributed by atoms with Gasteiger partial charge in [-0.25, -0.2) is 13.8 Å². The minimum atomic E-state index is -0.600. The molecule has 1 N–H and O–H groups in total. The minimum Gasteiger partial charge on any atom is -0.360 e. The van der Waals surface area contributed by atoms with Crippen LogP contribution >= 0.6 is 0 Å². The molecule has 5 nitrogen and oxygen atoms in total. The first-order chi connectivity index (χ1) is 9.08. The van der Waals surface area contributed by atoms with E-state index in [-0.39, 0.29) is 23.6 Å². The fraction of sp³-hybridized carbons (Fsp3) is 0.0833. The maximum atomic E-state index is 13.4. The Morgan fingerprint density at radius 1 is 1.32 bits per heavy atom. The van der Waals surface area contributed by atoms with Gasteiger partial charge in [-0.05, 0) is 24.3 Å². The summed E-state index contributed by atoms with van der Waals surface area (Å²) >= 11 is 0. The van der Waals surface area contributed by atoms with Crippen LogP contribution in [0.3, 0.4) is 0 Å². The van der Waals surface area contributed by atoms with E-state index in [1.54, 1.807) is 0 Å². The lowest BCUT2D eigenvalue weighted by atomic mass is 10.2. The normalized spacial score (nSPS) is 10.2. The van der Waals surface area contributed by atoms with Crippen LogP contribution in [0.1, 0.15) is 5.56 Å². The Kier molecular flexibility index (Phi) is 3.65. The summed E-state index contributed by atoms with van der Waals surface area (Å²) in [7, 11) is 0. The lowest BCUT2D eigenvalue weighted by Crippen LogP contribution is -2.06. The van der Waals surface area contributed by atoms with Gasteiger partial charge in [-0.2, -0.15) is 0 Å². The second-order valence-electron chi connectivity index (χ2n) is 3.72. The fourth-order valence-electron chi connectivity index (χ4n) is 1.54. The van der Waals surface area contributed by atoms with Crippen LogP contribution in [0.15, 0.2) is 36.5 Å². The summed E-state index contributed by atoms with van der Waals surface area (Å²) < 4.78 is 26.3. The molecule has 0 bridgehead atoms. The van der Waals surface area contributed by atoms with E-state index in [0.29, 0.717) is 0 Å². The molecule has 0 aliphatic rings. The third-order valence-corrected chi connectivity index (χ3v) is 2.44. The second kappa shape index (κ2) is 5.38. The summed E-state index contributed by atoms with van der Waals surface area (Å²) in [5.41, 5.74) is -0.153. The van der Waals surface area contributed by atoms with Crippen molar-refractivity contribution in [3.8, 4) is 0 Å². The highest BCUT2D eigenvalue weighted by Gasteiger charge is 2.14. The molecule has 0 unspecified atom stereocenters. The van der Waals surface area contributed by atoms with E-state index in [1.807, 2.05) is 0 Å². The van der Waals surface area contributed by atoms with Crippen molar-refractivity contribution in [3.63, 3.8) is 0 Å². The Bertz CT molecular complexity index is 620. The number of nitrogens with one attached hydrogen (secondary N) is 1. The largest absolute Gasteiger partial charge is 0.360 e. The first-order valence-corrected chi connectivity index (χ1v) is 5.35. The van der Waals surface area contributed by atoms with Gasteiger partial charge in [0.25, 0.3) is 0 Å². The zero-order valence-corrected chi connectivity index (χ0v) is 9.64. The van der Waals surface area contributed by atoms with Crippen molar-refractivity contribution in [2.75, 3.05) is 5.32 Å². The molecule has 2 aromatic rings. The van der Waals surface area contributed by atoms with Crippen LogP contribution in [-0.2, 0) is 6.54 Å². The van der Waals surface area contributed by atoms with Crippen LogP contribution in [0.5, 0.6) is 0 Å². The van der Waals surface area contributed by atoms with Gasteiger partial charge in [0.05, 0.1) is 4.92 Å². The standard InChI is InChI=1S/C12H9F2N3O2/c13-9-3-4-10(14)8(6-9)7-16-12-11(17(18)19)2-1-5-15-12/h1-6H,7H2,(H,15,16). The maximum absolute atomic E-state index is 13.4. The van der Waals surface area contributed by atoms with E-state index in [4.69, 9.17) is 0 Å². The van der Waals surface area contributed by atoms with Crippen molar-refractivity contribution in [1.82, 2.24) is 4.98 Å². The lowest BCUT2D eigenvalue weighted by molar-refractivity contribution is -0.384. The van der Waals surface area contributed by atoms with Gasteiger partial charge in [0.1, 0.15) is 11.6 Å². The lowest BCUT2D eigenvalue weighted by Gasteiger charge is -2.07. The van der Waals surface area contributed by atoms with Crippen LogP contribution < -0.4 is 5.32 Å². The van der Waals surface area contributed by atoms with Crippen molar-refractivity contribution in [1.29, 1.82) is 0 Å². The van der Waals surface area contributed by atoms with Gasteiger partial charge >= 0.3 is 5.69 Å². The van der Waals surface area contributed by atoms with Gasteiger partial charge in [0.15, 0.2) is 0 Å². The molecule has 0 atom stereocenters. The predicted molar refractivity (Wildman–Crippen MR) is 64.6 cm³/mol. The van der Waals surface area contributed by atoms with Crippen molar-refractivity contribution in [3.05, 3.63) is 63.8 Å². The highest BCUT2D eigenvalue weighted by molar-refractivity contribution is 5.55. The van der Waals surface area contributed by atoms with E-state index in [9.17, 15) is 18.9 Å². The molecule has 7 heteroatoms. The second-order valence-corrected chi connectivity index (χ2v) is 3.72. The number of aromatic nitrogens is 1. The monoisotopic (exact) mass is 265 g/mol. The van der Waals surface area contributed by atoms with E-state index < -0.39 is 16.6 Å². The van der Waals surface area contributed by atoms with E-state index >= 15 is 0 Å². The molecule has 0 aliphatic heterocycles. The molecule has 2 rings (SSSR count). The summed E-state index contributed by atoms with van der Waals surface area (Å²) in [5.74, 6) is -1.16. The Hall–Kier alpha value is -2.57. The summed E-state index contributed by atoms with van der Waals surface area (Å²) in [4.78, 5) is 13.9. The molecule has 0 saturated carbocycles. The number of hydrogen-bond acceptors (Lipinski definition) is 4. The first kappa shape index (κ1) is 12.9. The average Bonchev–Trinajstić information content (AvgIpc) is 2.40. The average molecular weight is 265 g/mol. The number of rotatable bonds is 4. The van der Waals surface area contributed by atoms with Crippen LogP contribution in [0.4, 0.5) is 20.3 Å². The molecular formula is C12H9F2N3O2. The van der Waals surface area contributed by atoms with Gasteiger partial charge in [0.2, 0.25) is 5.82 Å². The SMILES string of the molecule is O=[N+]([O-])c1cccnc1NCc1cc(F)ccc1F. The fourth-order valence-corrected chi connectivity index (χ4v) is 1.54. The summed E-state index contributed by atoms with van der Waals surface area (Å²) in [6.07, 6.45) is 1.37. The molecule has 0 fully saturated rings. The first-order valence-electron chi connectivity index (χ1n) is 5.35. The summed E-state index contributed by atoms with van der Waals surface area (Å²) in [5, 5.41) is 13.4. The third-order valence-electron chi connectivity index (χ3n) is 2.44. The molecular weight excluding hydrogens is 256 g/mol.